The average Bonchev–Trinajstić information content (AvgIpc) is 2.82. The fraction of sp³-hybridized carbons (Fsp3) is 0.0714. The van der Waals surface area contributed by atoms with Gasteiger partial charge in [0.2, 0.25) is 0 Å². The number of para-hydroxylation sites is 1. The minimum Gasteiger partial charge on any atom is -0.486 e. The van der Waals surface area contributed by atoms with Gasteiger partial charge in [-0.2, -0.15) is 0 Å². The standard InChI is InChI=1S/C14H12ClN3O/c15-11-4-1-2-5-12(11)19-9-10-8-18-13(16)6-3-7-14(18)17-10/h1-8H,9,16H2. The van der Waals surface area contributed by atoms with Gasteiger partial charge in [0, 0.05) is 6.20 Å². The van der Waals surface area contributed by atoms with E-state index in [-0.39, 0.29) is 0 Å². The van der Waals surface area contributed by atoms with E-state index < -0.39 is 0 Å². The summed E-state index contributed by atoms with van der Waals surface area (Å²) in [5, 5.41) is 0.589. The monoisotopic (exact) mass is 273 g/mol. The third-order valence-electron chi connectivity index (χ3n) is 2.79. The van der Waals surface area contributed by atoms with Gasteiger partial charge < -0.3 is 10.5 Å². The van der Waals surface area contributed by atoms with Gasteiger partial charge in [-0.15, -0.1) is 0 Å². The Hall–Kier alpha value is -2.20. The second-order valence-corrected chi connectivity index (χ2v) is 4.54. The molecule has 2 N–H and O–H groups in total. The maximum Gasteiger partial charge on any atom is 0.138 e. The lowest BCUT2D eigenvalue weighted by molar-refractivity contribution is 0.302. The maximum absolute atomic E-state index is 6.02. The fourth-order valence-electron chi connectivity index (χ4n) is 1.87. The molecule has 19 heavy (non-hydrogen) atoms. The third kappa shape index (κ3) is 2.35. The van der Waals surface area contributed by atoms with E-state index in [4.69, 9.17) is 22.1 Å². The molecule has 0 fully saturated rings. The summed E-state index contributed by atoms with van der Waals surface area (Å²) in [4.78, 5) is 4.43. The molecule has 0 unspecified atom stereocenters. The number of imidazole rings is 1. The van der Waals surface area contributed by atoms with E-state index in [9.17, 15) is 0 Å². The first-order valence-corrected chi connectivity index (χ1v) is 6.21. The summed E-state index contributed by atoms with van der Waals surface area (Å²) in [7, 11) is 0. The predicted octanol–water partition coefficient (Wildman–Crippen LogP) is 3.15. The summed E-state index contributed by atoms with van der Waals surface area (Å²) in [5.74, 6) is 1.29. The molecule has 0 spiro atoms. The van der Waals surface area contributed by atoms with Gasteiger partial charge in [-0.05, 0) is 24.3 Å². The lowest BCUT2D eigenvalue weighted by Gasteiger charge is -2.05. The molecule has 2 heterocycles. The van der Waals surface area contributed by atoms with E-state index in [0.29, 0.717) is 23.2 Å². The van der Waals surface area contributed by atoms with Gasteiger partial charge in [0.25, 0.3) is 0 Å². The van der Waals surface area contributed by atoms with Gasteiger partial charge in [0.05, 0.1) is 10.7 Å². The van der Waals surface area contributed by atoms with Gasteiger partial charge in [-0.25, -0.2) is 4.98 Å². The summed E-state index contributed by atoms with van der Waals surface area (Å²) in [5.41, 5.74) is 7.47. The number of anilines is 1. The van der Waals surface area contributed by atoms with Gasteiger partial charge >= 0.3 is 0 Å². The number of nitrogens with zero attached hydrogens (tertiary/aromatic N) is 2. The predicted molar refractivity (Wildman–Crippen MR) is 75.4 cm³/mol. The van der Waals surface area contributed by atoms with Gasteiger partial charge in [-0.3, -0.25) is 4.40 Å². The van der Waals surface area contributed by atoms with Crippen LogP contribution in [-0.2, 0) is 6.61 Å². The van der Waals surface area contributed by atoms with E-state index in [2.05, 4.69) is 4.98 Å². The first-order chi connectivity index (χ1) is 9.24. The Morgan fingerprint density at radius 2 is 2.00 bits per heavy atom. The van der Waals surface area contributed by atoms with Crippen LogP contribution >= 0.6 is 11.6 Å². The van der Waals surface area contributed by atoms with E-state index in [1.54, 1.807) is 6.07 Å². The number of benzene rings is 1. The highest BCUT2D eigenvalue weighted by Gasteiger charge is 2.05. The van der Waals surface area contributed by atoms with Crippen LogP contribution in [-0.4, -0.2) is 9.38 Å². The van der Waals surface area contributed by atoms with Crippen LogP contribution in [0.2, 0.25) is 5.02 Å². The van der Waals surface area contributed by atoms with Crippen molar-refractivity contribution in [2.24, 2.45) is 0 Å². The second-order valence-electron chi connectivity index (χ2n) is 4.13. The Bertz CT molecular complexity index is 724. The van der Waals surface area contributed by atoms with Crippen LogP contribution in [0.15, 0.2) is 48.7 Å². The van der Waals surface area contributed by atoms with Crippen LogP contribution in [0.4, 0.5) is 5.82 Å². The van der Waals surface area contributed by atoms with E-state index >= 15 is 0 Å². The molecule has 0 saturated heterocycles. The van der Waals surface area contributed by atoms with E-state index in [1.165, 1.54) is 0 Å². The molecule has 0 aliphatic carbocycles. The van der Waals surface area contributed by atoms with E-state index in [0.717, 1.165) is 11.3 Å². The third-order valence-corrected chi connectivity index (χ3v) is 3.10. The smallest absolute Gasteiger partial charge is 0.138 e. The largest absolute Gasteiger partial charge is 0.486 e. The molecule has 1 aromatic carbocycles. The van der Waals surface area contributed by atoms with Crippen molar-refractivity contribution in [1.82, 2.24) is 9.38 Å². The lowest BCUT2D eigenvalue weighted by atomic mass is 10.3. The SMILES string of the molecule is Nc1cccc2nc(COc3ccccc3Cl)cn12. The number of ether oxygens (including phenoxy) is 1. The molecule has 0 aliphatic heterocycles. The van der Waals surface area contributed by atoms with Gasteiger partial charge in [-0.1, -0.05) is 29.8 Å². The van der Waals surface area contributed by atoms with Crippen LogP contribution in [0, 0.1) is 0 Å². The van der Waals surface area contributed by atoms with Crippen molar-refractivity contribution in [2.75, 3.05) is 5.73 Å². The van der Waals surface area contributed by atoms with Crippen LogP contribution < -0.4 is 10.5 Å². The highest BCUT2D eigenvalue weighted by Crippen LogP contribution is 2.24. The first-order valence-electron chi connectivity index (χ1n) is 5.84. The minimum absolute atomic E-state index is 0.352. The van der Waals surface area contributed by atoms with Gasteiger partial charge in [0.15, 0.2) is 0 Å². The zero-order valence-electron chi connectivity index (χ0n) is 10.1. The molecule has 0 radical (unpaired) electrons. The molecular formula is C14H12ClN3O. The highest BCUT2D eigenvalue weighted by atomic mass is 35.5. The number of hydrogen-bond acceptors (Lipinski definition) is 3. The highest BCUT2D eigenvalue weighted by molar-refractivity contribution is 6.32. The lowest BCUT2D eigenvalue weighted by Crippen LogP contribution is -1.96. The normalized spacial score (nSPS) is 10.8. The molecule has 0 atom stereocenters. The van der Waals surface area contributed by atoms with E-state index in [1.807, 2.05) is 47.0 Å². The number of aromatic nitrogens is 2. The molecule has 3 rings (SSSR count). The number of fused-ring (bicyclic) bond motifs is 1. The molecular weight excluding hydrogens is 262 g/mol. The number of rotatable bonds is 3. The Morgan fingerprint density at radius 1 is 1.16 bits per heavy atom. The zero-order chi connectivity index (χ0) is 13.2. The summed E-state index contributed by atoms with van der Waals surface area (Å²) in [6.45, 7) is 0.352. The molecule has 5 heteroatoms. The number of halogens is 1. The Balaban J connectivity index is 1.83. The van der Waals surface area contributed by atoms with Crippen molar-refractivity contribution in [3.63, 3.8) is 0 Å². The van der Waals surface area contributed by atoms with Crippen molar-refractivity contribution in [3.05, 3.63) is 59.4 Å². The molecule has 2 aromatic heterocycles. The van der Waals surface area contributed by atoms with Crippen molar-refractivity contribution in [2.45, 2.75) is 6.61 Å². The van der Waals surface area contributed by atoms with Crippen molar-refractivity contribution < 1.29 is 4.74 Å². The minimum atomic E-state index is 0.352. The topological polar surface area (TPSA) is 52.5 Å². The van der Waals surface area contributed by atoms with Crippen LogP contribution in [0.3, 0.4) is 0 Å². The van der Waals surface area contributed by atoms with Crippen molar-refractivity contribution in [3.8, 4) is 5.75 Å². The number of pyridine rings is 1. The Kier molecular flexibility index (Phi) is 3.01. The number of hydrogen-bond donors (Lipinski definition) is 1. The molecule has 0 saturated carbocycles. The average molecular weight is 274 g/mol. The Labute approximate surface area is 115 Å². The van der Waals surface area contributed by atoms with Crippen LogP contribution in [0.1, 0.15) is 5.69 Å². The summed E-state index contributed by atoms with van der Waals surface area (Å²) in [6, 6.07) is 13.0. The quantitative estimate of drug-likeness (QED) is 0.797. The number of nitrogens with two attached hydrogens (primary N) is 1. The Morgan fingerprint density at radius 3 is 2.79 bits per heavy atom. The molecule has 0 aliphatic rings. The molecule has 4 nitrogen and oxygen atoms in total. The summed E-state index contributed by atoms with van der Waals surface area (Å²) >= 11 is 6.02. The fourth-order valence-corrected chi connectivity index (χ4v) is 2.06. The van der Waals surface area contributed by atoms with Crippen LogP contribution in [0.5, 0.6) is 5.75 Å². The zero-order valence-corrected chi connectivity index (χ0v) is 10.8. The molecule has 96 valence electrons. The first kappa shape index (κ1) is 11.9. The number of nitrogen functional groups attached to an aromatic ring is 1. The van der Waals surface area contributed by atoms with Crippen LogP contribution in [0.25, 0.3) is 5.65 Å². The second kappa shape index (κ2) is 4.82. The van der Waals surface area contributed by atoms with Crippen molar-refractivity contribution >= 4 is 23.1 Å². The molecule has 0 amide bonds. The summed E-state index contributed by atoms with van der Waals surface area (Å²) in [6.07, 6.45) is 1.86. The molecule has 0 bridgehead atoms. The van der Waals surface area contributed by atoms with Gasteiger partial charge in [0.1, 0.15) is 23.8 Å². The maximum atomic E-state index is 6.02. The van der Waals surface area contributed by atoms with Crippen molar-refractivity contribution in [1.29, 1.82) is 0 Å². The summed E-state index contributed by atoms with van der Waals surface area (Å²) < 4.78 is 7.47. The molecule has 3 aromatic rings.